The summed E-state index contributed by atoms with van der Waals surface area (Å²) in [5.74, 6) is -2.03. The fraction of sp³-hybridized carbons (Fsp3) is 0.0714. The van der Waals surface area contributed by atoms with Crippen LogP contribution in [0.15, 0.2) is 115 Å². The molecule has 0 heterocycles. The Labute approximate surface area is 187 Å². The largest absolute Gasteiger partial charge is 0.480 e. The monoisotopic (exact) mass is 421 g/mol. The minimum atomic E-state index is -1.12. The van der Waals surface area contributed by atoms with Gasteiger partial charge in [-0.2, -0.15) is 0 Å². The van der Waals surface area contributed by atoms with Gasteiger partial charge in [-0.05, 0) is 34.4 Å². The number of amides is 1. The van der Waals surface area contributed by atoms with Crippen LogP contribution in [0.3, 0.4) is 0 Å². The fourth-order valence-corrected chi connectivity index (χ4v) is 3.85. The maximum Gasteiger partial charge on any atom is 0.327 e. The first-order chi connectivity index (χ1) is 15.6. The molecule has 0 radical (unpaired) electrons. The molecule has 0 saturated carbocycles. The smallest absolute Gasteiger partial charge is 0.327 e. The SMILES string of the molecule is O=C(N[C@@H](C(=O)O)C(c1ccccc1)c1ccccc1)c1ccc(-c2ccccc2)cc1. The molecule has 4 heteroatoms. The summed E-state index contributed by atoms with van der Waals surface area (Å²) in [6, 6.07) is 34.7. The first-order valence-corrected chi connectivity index (χ1v) is 10.4. The van der Waals surface area contributed by atoms with E-state index in [0.29, 0.717) is 5.56 Å². The average molecular weight is 421 g/mol. The number of carbonyl (C=O) groups excluding carboxylic acids is 1. The number of carboxylic acid groups (broad SMARTS) is 1. The van der Waals surface area contributed by atoms with Crippen LogP contribution in [0.2, 0.25) is 0 Å². The van der Waals surface area contributed by atoms with Crippen LogP contribution in [0.5, 0.6) is 0 Å². The van der Waals surface area contributed by atoms with Crippen molar-refractivity contribution in [2.75, 3.05) is 0 Å². The molecule has 0 aliphatic carbocycles. The van der Waals surface area contributed by atoms with E-state index in [1.807, 2.05) is 103 Å². The van der Waals surface area contributed by atoms with E-state index in [2.05, 4.69) is 5.32 Å². The molecule has 2 N–H and O–H groups in total. The van der Waals surface area contributed by atoms with Crippen molar-refractivity contribution >= 4 is 11.9 Å². The maximum absolute atomic E-state index is 13.0. The Morgan fingerprint density at radius 3 is 1.50 bits per heavy atom. The van der Waals surface area contributed by atoms with Gasteiger partial charge in [0, 0.05) is 11.5 Å². The van der Waals surface area contributed by atoms with E-state index in [9.17, 15) is 14.7 Å². The van der Waals surface area contributed by atoms with Gasteiger partial charge in [0.2, 0.25) is 0 Å². The third-order valence-electron chi connectivity index (χ3n) is 5.46. The molecule has 1 amide bonds. The number of hydrogen-bond acceptors (Lipinski definition) is 2. The number of rotatable bonds is 7. The quantitative estimate of drug-likeness (QED) is 0.422. The summed E-state index contributed by atoms with van der Waals surface area (Å²) in [4.78, 5) is 25.3. The lowest BCUT2D eigenvalue weighted by Gasteiger charge is -2.26. The first kappa shape index (κ1) is 21.1. The Morgan fingerprint density at radius 2 is 1.03 bits per heavy atom. The van der Waals surface area contributed by atoms with Crippen molar-refractivity contribution in [3.8, 4) is 11.1 Å². The highest BCUT2D eigenvalue weighted by Crippen LogP contribution is 2.29. The highest BCUT2D eigenvalue weighted by Gasteiger charge is 2.32. The minimum Gasteiger partial charge on any atom is -0.480 e. The van der Waals surface area contributed by atoms with Crippen molar-refractivity contribution in [1.82, 2.24) is 5.32 Å². The van der Waals surface area contributed by atoms with E-state index in [-0.39, 0.29) is 0 Å². The molecule has 1 atom stereocenters. The predicted molar refractivity (Wildman–Crippen MR) is 125 cm³/mol. The van der Waals surface area contributed by atoms with Crippen LogP contribution in [-0.4, -0.2) is 23.0 Å². The number of hydrogen-bond donors (Lipinski definition) is 2. The number of carboxylic acids is 1. The first-order valence-electron chi connectivity index (χ1n) is 10.4. The van der Waals surface area contributed by atoms with Crippen molar-refractivity contribution in [3.05, 3.63) is 132 Å². The molecule has 0 aliphatic rings. The van der Waals surface area contributed by atoms with Crippen LogP contribution < -0.4 is 5.32 Å². The normalized spacial score (nSPS) is 11.7. The topological polar surface area (TPSA) is 66.4 Å². The van der Waals surface area contributed by atoms with Crippen LogP contribution in [-0.2, 0) is 4.79 Å². The van der Waals surface area contributed by atoms with Gasteiger partial charge in [0.15, 0.2) is 0 Å². The Bertz CT molecular complexity index is 1130. The highest BCUT2D eigenvalue weighted by atomic mass is 16.4. The number of nitrogens with one attached hydrogen (secondary N) is 1. The second kappa shape index (κ2) is 9.75. The third-order valence-corrected chi connectivity index (χ3v) is 5.46. The Kier molecular flexibility index (Phi) is 6.42. The van der Waals surface area contributed by atoms with Crippen LogP contribution in [0.25, 0.3) is 11.1 Å². The molecule has 0 bridgehead atoms. The van der Waals surface area contributed by atoms with Gasteiger partial charge < -0.3 is 10.4 Å². The van der Waals surface area contributed by atoms with Gasteiger partial charge in [0.1, 0.15) is 6.04 Å². The summed E-state index contributed by atoms with van der Waals surface area (Å²) in [7, 11) is 0. The summed E-state index contributed by atoms with van der Waals surface area (Å²) < 4.78 is 0. The Hall–Kier alpha value is -4.18. The molecule has 0 saturated heterocycles. The number of aliphatic carboxylic acids is 1. The molecule has 0 aromatic heterocycles. The van der Waals surface area contributed by atoms with Crippen molar-refractivity contribution in [2.45, 2.75) is 12.0 Å². The molecular weight excluding hydrogens is 398 g/mol. The number of carbonyl (C=O) groups is 2. The third kappa shape index (κ3) is 4.76. The predicted octanol–water partition coefficient (Wildman–Crippen LogP) is 5.37. The van der Waals surface area contributed by atoms with Gasteiger partial charge in [0.25, 0.3) is 5.91 Å². The van der Waals surface area contributed by atoms with Gasteiger partial charge in [-0.25, -0.2) is 4.79 Å². The summed E-state index contributed by atoms with van der Waals surface area (Å²) in [6.07, 6.45) is 0. The summed E-state index contributed by atoms with van der Waals surface area (Å²) in [5, 5.41) is 12.8. The average Bonchev–Trinajstić information content (AvgIpc) is 2.85. The van der Waals surface area contributed by atoms with Crippen LogP contribution in [0.4, 0.5) is 0 Å². The molecule has 0 aliphatic heterocycles. The van der Waals surface area contributed by atoms with E-state index < -0.39 is 23.8 Å². The summed E-state index contributed by atoms with van der Waals surface area (Å²) in [5.41, 5.74) is 4.10. The van der Waals surface area contributed by atoms with Crippen molar-refractivity contribution < 1.29 is 14.7 Å². The molecule has 0 unspecified atom stereocenters. The molecule has 32 heavy (non-hydrogen) atoms. The zero-order valence-electron chi connectivity index (χ0n) is 17.4. The molecule has 158 valence electrons. The van der Waals surface area contributed by atoms with Crippen LogP contribution in [0, 0.1) is 0 Å². The Balaban J connectivity index is 1.62. The summed E-state index contributed by atoms with van der Waals surface area (Å²) in [6.45, 7) is 0. The van der Waals surface area contributed by atoms with E-state index in [1.54, 1.807) is 12.1 Å². The minimum absolute atomic E-state index is 0.413. The second-order valence-electron chi connectivity index (χ2n) is 7.53. The van der Waals surface area contributed by atoms with Gasteiger partial charge in [-0.1, -0.05) is 103 Å². The van der Waals surface area contributed by atoms with Crippen molar-refractivity contribution in [1.29, 1.82) is 0 Å². The fourth-order valence-electron chi connectivity index (χ4n) is 3.85. The van der Waals surface area contributed by atoms with Crippen LogP contribution >= 0.6 is 0 Å². The lowest BCUT2D eigenvalue weighted by Crippen LogP contribution is -2.45. The van der Waals surface area contributed by atoms with Gasteiger partial charge in [-0.15, -0.1) is 0 Å². The highest BCUT2D eigenvalue weighted by molar-refractivity contribution is 5.97. The van der Waals surface area contributed by atoms with E-state index >= 15 is 0 Å². The molecule has 4 rings (SSSR count). The van der Waals surface area contributed by atoms with Gasteiger partial charge >= 0.3 is 5.97 Å². The second-order valence-corrected chi connectivity index (χ2v) is 7.53. The van der Waals surface area contributed by atoms with Crippen molar-refractivity contribution in [3.63, 3.8) is 0 Å². The summed E-state index contributed by atoms with van der Waals surface area (Å²) >= 11 is 0. The lowest BCUT2D eigenvalue weighted by molar-refractivity contribution is -0.139. The zero-order chi connectivity index (χ0) is 22.3. The molecule has 4 nitrogen and oxygen atoms in total. The van der Waals surface area contributed by atoms with Gasteiger partial charge in [0.05, 0.1) is 0 Å². The lowest BCUT2D eigenvalue weighted by atomic mass is 9.85. The standard InChI is InChI=1S/C28H23NO3/c30-27(24-18-16-21(17-19-24)20-10-4-1-5-11-20)29-26(28(31)32)25(22-12-6-2-7-13-22)23-14-8-3-9-15-23/h1-19,25-26H,(H,29,30)(H,31,32)/t26-/m1/s1. The van der Waals surface area contributed by atoms with E-state index in [4.69, 9.17) is 0 Å². The molecule has 0 spiro atoms. The zero-order valence-corrected chi connectivity index (χ0v) is 17.4. The molecule has 0 fully saturated rings. The molecule has 4 aromatic rings. The van der Waals surface area contributed by atoms with Crippen LogP contribution in [0.1, 0.15) is 27.4 Å². The maximum atomic E-state index is 13.0. The van der Waals surface area contributed by atoms with Gasteiger partial charge in [-0.3, -0.25) is 4.79 Å². The van der Waals surface area contributed by atoms with Crippen molar-refractivity contribution in [2.24, 2.45) is 0 Å². The Morgan fingerprint density at radius 1 is 0.594 bits per heavy atom. The molecular formula is C28H23NO3. The molecule has 4 aromatic carbocycles. The van der Waals surface area contributed by atoms with E-state index in [1.165, 1.54) is 0 Å². The van der Waals surface area contributed by atoms with E-state index in [0.717, 1.165) is 22.3 Å². The number of benzene rings is 4.